The van der Waals surface area contributed by atoms with E-state index in [1.165, 1.54) is 11.1 Å². The third-order valence-electron chi connectivity index (χ3n) is 4.34. The van der Waals surface area contributed by atoms with Crippen molar-refractivity contribution in [3.63, 3.8) is 0 Å². The number of carbonyl (C=O) groups excluding carboxylic acids is 2. The van der Waals surface area contributed by atoms with E-state index in [9.17, 15) is 14.4 Å². The van der Waals surface area contributed by atoms with Gasteiger partial charge in [0.2, 0.25) is 11.8 Å². The fraction of sp³-hybridized carbons (Fsp3) is 0.200. The zero-order valence-corrected chi connectivity index (χ0v) is 17.1. The number of hydrogen-bond donors (Lipinski definition) is 1. The summed E-state index contributed by atoms with van der Waals surface area (Å²) in [5.74, 6) is -0.855. The molecule has 2 amide bonds. The Morgan fingerprint density at radius 2 is 1.79 bits per heavy atom. The lowest BCUT2D eigenvalue weighted by Crippen LogP contribution is -2.41. The Bertz CT molecular complexity index is 1110. The number of halogens is 2. The van der Waals surface area contributed by atoms with Gasteiger partial charge in [0.15, 0.2) is 0 Å². The van der Waals surface area contributed by atoms with E-state index in [0.717, 1.165) is 4.68 Å². The van der Waals surface area contributed by atoms with Crippen LogP contribution in [0.25, 0.3) is 10.8 Å². The third-order valence-corrected chi connectivity index (χ3v) is 4.97. The molecule has 7 nitrogen and oxygen atoms in total. The average Bonchev–Trinajstić information content (AvgIpc) is 2.71. The van der Waals surface area contributed by atoms with Crippen LogP contribution in [0.4, 0.5) is 5.69 Å². The fourth-order valence-electron chi connectivity index (χ4n) is 2.81. The Balaban J connectivity index is 1.71. The van der Waals surface area contributed by atoms with Crippen LogP contribution in [-0.4, -0.2) is 39.6 Å². The van der Waals surface area contributed by atoms with Crippen LogP contribution in [0.2, 0.25) is 10.0 Å². The molecule has 3 aromatic rings. The highest BCUT2D eigenvalue weighted by atomic mass is 35.5. The van der Waals surface area contributed by atoms with Crippen molar-refractivity contribution in [3.8, 4) is 0 Å². The summed E-state index contributed by atoms with van der Waals surface area (Å²) in [6.45, 7) is 1.55. The minimum atomic E-state index is -0.450. The number of hydrogen-bond acceptors (Lipinski definition) is 4. The number of benzene rings is 2. The number of likely N-dealkylation sites (N-methyl/N-ethyl adjacent to an activating group) is 1. The molecule has 0 atom stereocenters. The molecule has 0 fully saturated rings. The number of nitrogens with one attached hydrogen (secondary N) is 1. The van der Waals surface area contributed by atoms with Gasteiger partial charge >= 0.3 is 0 Å². The largest absolute Gasteiger partial charge is 0.332 e. The molecule has 0 aliphatic heterocycles. The summed E-state index contributed by atoms with van der Waals surface area (Å²) in [4.78, 5) is 38.9. The number of nitrogens with zero attached hydrogens (tertiary/aromatic N) is 3. The summed E-state index contributed by atoms with van der Waals surface area (Å²) in [7, 11) is 0. The van der Waals surface area contributed by atoms with E-state index in [1.807, 2.05) is 6.07 Å². The first-order valence-electron chi connectivity index (χ1n) is 8.87. The van der Waals surface area contributed by atoms with Gasteiger partial charge in [0.25, 0.3) is 5.56 Å². The van der Waals surface area contributed by atoms with Crippen LogP contribution in [0.3, 0.4) is 0 Å². The molecule has 1 heterocycles. The highest BCUT2D eigenvalue weighted by molar-refractivity contribution is 6.39. The van der Waals surface area contributed by atoms with Crippen LogP contribution < -0.4 is 10.9 Å². The second-order valence-corrected chi connectivity index (χ2v) is 7.06. The molecule has 29 heavy (non-hydrogen) atoms. The molecule has 0 bridgehead atoms. The number of amides is 2. The lowest BCUT2D eigenvalue weighted by Gasteiger charge is -2.21. The van der Waals surface area contributed by atoms with Crippen molar-refractivity contribution in [2.45, 2.75) is 13.5 Å². The lowest BCUT2D eigenvalue weighted by atomic mass is 10.2. The molecule has 0 unspecified atom stereocenters. The lowest BCUT2D eigenvalue weighted by molar-refractivity contribution is -0.135. The highest BCUT2D eigenvalue weighted by Gasteiger charge is 2.19. The van der Waals surface area contributed by atoms with Crippen molar-refractivity contribution in [3.05, 3.63) is 69.1 Å². The normalized spacial score (nSPS) is 10.7. The Kier molecular flexibility index (Phi) is 6.51. The smallest absolute Gasteiger partial charge is 0.275 e. The maximum atomic E-state index is 12.6. The van der Waals surface area contributed by atoms with Crippen LogP contribution in [0.5, 0.6) is 0 Å². The number of rotatable bonds is 6. The van der Waals surface area contributed by atoms with Gasteiger partial charge in [-0.3, -0.25) is 14.4 Å². The van der Waals surface area contributed by atoms with E-state index in [4.69, 9.17) is 23.2 Å². The minimum absolute atomic E-state index is 0.209. The SMILES string of the molecule is CCN(CC(=O)Nc1c(Cl)cccc1Cl)C(=O)Cn1ncc2ccccc2c1=O. The number of fused-ring (bicyclic) bond motifs is 1. The summed E-state index contributed by atoms with van der Waals surface area (Å²) >= 11 is 12.1. The Morgan fingerprint density at radius 1 is 1.10 bits per heavy atom. The molecule has 0 saturated carbocycles. The standard InChI is InChI=1S/C20H18Cl2N4O3/c1-2-25(11-17(27)24-19-15(21)8-5-9-16(19)22)18(28)12-26-20(29)14-7-4-3-6-13(14)10-23-26/h3-10H,2,11-12H2,1H3,(H,24,27). The van der Waals surface area contributed by atoms with Crippen molar-refractivity contribution in [1.82, 2.24) is 14.7 Å². The molecular formula is C20H18Cl2N4O3. The quantitative estimate of drug-likeness (QED) is 0.647. The molecule has 0 aliphatic carbocycles. The van der Waals surface area contributed by atoms with Crippen LogP contribution in [-0.2, 0) is 16.1 Å². The van der Waals surface area contributed by atoms with E-state index in [-0.39, 0.29) is 30.9 Å². The summed E-state index contributed by atoms with van der Waals surface area (Å²) in [5.41, 5.74) is -0.0726. The molecule has 9 heteroatoms. The monoisotopic (exact) mass is 432 g/mol. The van der Waals surface area contributed by atoms with Crippen LogP contribution in [0, 0.1) is 0 Å². The minimum Gasteiger partial charge on any atom is -0.332 e. The van der Waals surface area contributed by atoms with Crippen LogP contribution in [0.1, 0.15) is 6.92 Å². The van der Waals surface area contributed by atoms with Gasteiger partial charge in [-0.15, -0.1) is 0 Å². The van der Waals surface area contributed by atoms with Crippen molar-refractivity contribution >= 4 is 51.5 Å². The van der Waals surface area contributed by atoms with Gasteiger partial charge in [0.1, 0.15) is 6.54 Å². The summed E-state index contributed by atoms with van der Waals surface area (Å²) in [6, 6.07) is 11.9. The first kappa shape index (κ1) is 20.8. The zero-order chi connectivity index (χ0) is 21.0. The molecule has 0 radical (unpaired) electrons. The van der Waals surface area contributed by atoms with Gasteiger partial charge in [0.05, 0.1) is 33.9 Å². The van der Waals surface area contributed by atoms with Gasteiger partial charge in [-0.05, 0) is 25.1 Å². The maximum absolute atomic E-state index is 12.6. The Labute approximate surface area is 176 Å². The van der Waals surface area contributed by atoms with E-state index in [1.54, 1.807) is 43.3 Å². The molecule has 2 aromatic carbocycles. The van der Waals surface area contributed by atoms with E-state index < -0.39 is 11.8 Å². The van der Waals surface area contributed by atoms with E-state index in [0.29, 0.717) is 20.8 Å². The topological polar surface area (TPSA) is 84.3 Å². The second kappa shape index (κ2) is 9.07. The maximum Gasteiger partial charge on any atom is 0.275 e. The first-order chi connectivity index (χ1) is 13.9. The molecule has 3 rings (SSSR count). The van der Waals surface area contributed by atoms with Gasteiger partial charge in [-0.25, -0.2) is 4.68 Å². The highest BCUT2D eigenvalue weighted by Crippen LogP contribution is 2.29. The first-order valence-corrected chi connectivity index (χ1v) is 9.62. The zero-order valence-electron chi connectivity index (χ0n) is 15.6. The predicted molar refractivity (Wildman–Crippen MR) is 113 cm³/mol. The number of carbonyl (C=O) groups is 2. The predicted octanol–water partition coefficient (Wildman–Crippen LogP) is 3.19. The van der Waals surface area contributed by atoms with Crippen molar-refractivity contribution < 1.29 is 9.59 Å². The number of anilines is 1. The Morgan fingerprint density at radius 3 is 2.48 bits per heavy atom. The van der Waals surface area contributed by atoms with Gasteiger partial charge in [-0.2, -0.15) is 5.10 Å². The van der Waals surface area contributed by atoms with Crippen molar-refractivity contribution in [1.29, 1.82) is 0 Å². The summed E-state index contributed by atoms with van der Waals surface area (Å²) in [5, 5.41) is 8.44. The van der Waals surface area contributed by atoms with Gasteiger partial charge in [-0.1, -0.05) is 47.5 Å². The van der Waals surface area contributed by atoms with Crippen molar-refractivity contribution in [2.75, 3.05) is 18.4 Å². The summed E-state index contributed by atoms with van der Waals surface area (Å²) in [6.07, 6.45) is 1.53. The fourth-order valence-corrected chi connectivity index (χ4v) is 3.31. The van der Waals surface area contributed by atoms with Gasteiger partial charge in [0, 0.05) is 11.9 Å². The number of aromatic nitrogens is 2. The summed E-state index contributed by atoms with van der Waals surface area (Å²) < 4.78 is 1.09. The van der Waals surface area contributed by atoms with Crippen LogP contribution in [0.15, 0.2) is 53.5 Å². The molecule has 1 aromatic heterocycles. The third kappa shape index (κ3) is 4.75. The molecule has 0 aliphatic rings. The molecule has 0 spiro atoms. The molecule has 0 saturated heterocycles. The number of para-hydroxylation sites is 1. The molecule has 150 valence electrons. The van der Waals surface area contributed by atoms with Crippen LogP contribution >= 0.6 is 23.2 Å². The molecular weight excluding hydrogens is 415 g/mol. The van der Waals surface area contributed by atoms with E-state index in [2.05, 4.69) is 10.4 Å². The average molecular weight is 433 g/mol. The second-order valence-electron chi connectivity index (χ2n) is 6.25. The van der Waals surface area contributed by atoms with Gasteiger partial charge < -0.3 is 10.2 Å². The molecule has 1 N–H and O–H groups in total. The Hall–Kier alpha value is -2.90. The van der Waals surface area contributed by atoms with E-state index >= 15 is 0 Å². The van der Waals surface area contributed by atoms with Crippen molar-refractivity contribution in [2.24, 2.45) is 0 Å².